The van der Waals surface area contributed by atoms with Crippen LogP contribution in [0, 0.1) is 11.8 Å². The van der Waals surface area contributed by atoms with Gasteiger partial charge in [0.25, 0.3) is 0 Å². The smallest absolute Gasteiger partial charge is 0.0446 e. The normalized spacial score (nSPS) is 10.4. The fraction of sp³-hybridized carbons (Fsp3) is 1.00. The van der Waals surface area contributed by atoms with E-state index in [0.29, 0.717) is 0 Å². The van der Waals surface area contributed by atoms with Gasteiger partial charge in [0.05, 0.1) is 0 Å². The largest absolute Gasteiger partial charge is 0.0683 e. The molecule has 0 N–H and O–H groups in total. The van der Waals surface area contributed by atoms with E-state index < -0.39 is 0 Å². The zero-order chi connectivity index (χ0) is 17.5. The van der Waals surface area contributed by atoms with Gasteiger partial charge >= 0.3 is 0 Å². The van der Waals surface area contributed by atoms with Crippen molar-refractivity contribution in [3.8, 4) is 0 Å². The quantitative estimate of drug-likeness (QED) is 0.393. The van der Waals surface area contributed by atoms with Crippen LogP contribution in [0.2, 0.25) is 0 Å². The topological polar surface area (TPSA) is 0 Å². The molecule has 0 aliphatic heterocycles. The van der Waals surface area contributed by atoms with Gasteiger partial charge in [-0.3, -0.25) is 0 Å². The molecular weight excluding hydrogens is 252 g/mol. The molecule has 1 atom stereocenters. The minimum Gasteiger partial charge on any atom is -0.0683 e. The summed E-state index contributed by atoms with van der Waals surface area (Å²) in [7, 11) is 0. The van der Waals surface area contributed by atoms with Crippen molar-refractivity contribution in [1.82, 2.24) is 0 Å². The van der Waals surface area contributed by atoms with Crippen LogP contribution in [0.25, 0.3) is 0 Å². The molecule has 0 nitrogen and oxygen atoms in total. The summed E-state index contributed by atoms with van der Waals surface area (Å²) < 4.78 is 0. The van der Waals surface area contributed by atoms with E-state index >= 15 is 0 Å². The second-order valence-electron chi connectivity index (χ2n) is 6.19. The van der Waals surface area contributed by atoms with E-state index in [0.717, 1.165) is 11.8 Å². The first-order valence-corrected chi connectivity index (χ1v) is 9.99. The van der Waals surface area contributed by atoms with E-state index in [9.17, 15) is 0 Å². The molecular formula is C21H50. The fourth-order valence-electron chi connectivity index (χ4n) is 1.50. The summed E-state index contributed by atoms with van der Waals surface area (Å²) in [6, 6.07) is 0. The van der Waals surface area contributed by atoms with Gasteiger partial charge in [-0.15, -0.1) is 0 Å². The Balaban J connectivity index is -0.000000102. The van der Waals surface area contributed by atoms with E-state index in [-0.39, 0.29) is 0 Å². The third-order valence-corrected chi connectivity index (χ3v) is 3.36. The Kier molecular flexibility index (Phi) is 44.4. The Morgan fingerprint density at radius 2 is 1.05 bits per heavy atom. The molecule has 1 unspecified atom stereocenters. The molecule has 0 aromatic rings. The summed E-state index contributed by atoms with van der Waals surface area (Å²) in [4.78, 5) is 0. The van der Waals surface area contributed by atoms with Crippen LogP contribution in [-0.2, 0) is 0 Å². The zero-order valence-corrected chi connectivity index (χ0v) is 17.5. The van der Waals surface area contributed by atoms with Gasteiger partial charge in [0.15, 0.2) is 0 Å². The van der Waals surface area contributed by atoms with Crippen molar-refractivity contribution >= 4 is 0 Å². The van der Waals surface area contributed by atoms with E-state index in [1.54, 1.807) is 0 Å². The highest BCUT2D eigenvalue weighted by Gasteiger charge is 1.92. The molecule has 0 bridgehead atoms. The van der Waals surface area contributed by atoms with Crippen molar-refractivity contribution in [2.45, 2.75) is 127 Å². The summed E-state index contributed by atoms with van der Waals surface area (Å²) in [5.41, 5.74) is 0. The third kappa shape index (κ3) is 53.6. The van der Waals surface area contributed by atoms with Gasteiger partial charge in [-0.25, -0.2) is 0 Å². The van der Waals surface area contributed by atoms with E-state index in [4.69, 9.17) is 0 Å². The molecule has 0 rings (SSSR count). The Morgan fingerprint density at radius 1 is 0.571 bits per heavy atom. The lowest BCUT2D eigenvalue weighted by Crippen LogP contribution is -1.88. The van der Waals surface area contributed by atoms with Gasteiger partial charge in [-0.1, -0.05) is 127 Å². The predicted octanol–water partition coefficient (Wildman–Crippen LogP) is 8.89. The number of hydrogen-bond acceptors (Lipinski definition) is 0. The summed E-state index contributed by atoms with van der Waals surface area (Å²) in [5, 5.41) is 0. The molecule has 0 saturated heterocycles. The average Bonchev–Trinajstić information content (AvgIpc) is 2.50. The van der Waals surface area contributed by atoms with Gasteiger partial charge in [0.1, 0.15) is 0 Å². The highest BCUT2D eigenvalue weighted by atomic mass is 14.0. The first kappa shape index (κ1) is 29.1. The van der Waals surface area contributed by atoms with Crippen molar-refractivity contribution in [3.05, 3.63) is 0 Å². The minimum absolute atomic E-state index is 0.904. The van der Waals surface area contributed by atoms with Gasteiger partial charge in [0, 0.05) is 0 Å². The van der Waals surface area contributed by atoms with Crippen LogP contribution in [0.4, 0.5) is 0 Å². The second kappa shape index (κ2) is 32.1. The lowest BCUT2D eigenvalue weighted by molar-refractivity contribution is 0.509. The maximum atomic E-state index is 2.31. The van der Waals surface area contributed by atoms with Crippen LogP contribution in [0.15, 0.2) is 0 Å². The molecule has 0 spiro atoms. The molecule has 21 heavy (non-hydrogen) atoms. The molecule has 0 aromatic heterocycles. The van der Waals surface area contributed by atoms with Gasteiger partial charge in [0.2, 0.25) is 0 Å². The van der Waals surface area contributed by atoms with Gasteiger partial charge in [-0.05, 0) is 11.8 Å². The average molecular weight is 303 g/mol. The van der Waals surface area contributed by atoms with E-state index in [2.05, 4.69) is 55.4 Å². The van der Waals surface area contributed by atoms with Crippen LogP contribution in [0.5, 0.6) is 0 Å². The molecule has 0 saturated carbocycles. The third-order valence-electron chi connectivity index (χ3n) is 3.36. The molecule has 0 aliphatic rings. The van der Waals surface area contributed by atoms with Crippen LogP contribution in [0.1, 0.15) is 127 Å². The van der Waals surface area contributed by atoms with Gasteiger partial charge in [-0.2, -0.15) is 0 Å². The van der Waals surface area contributed by atoms with Crippen LogP contribution >= 0.6 is 0 Å². The standard InChI is InChI=1S/C8H18.C7H16.C4H10.C2H6/c1-4-5-6-7-8(2)3;1-4-6-7(3)5-2;1-3-4-2;1-2/h8H,4-7H2,1-3H3;7H,4-6H2,1-3H3;3-4H2,1-2H3;1-2H3. The molecule has 0 heterocycles. The number of rotatable bonds is 8. The first-order chi connectivity index (χ1) is 9.99. The Labute approximate surface area is 139 Å². The SMILES string of the molecule is CC.CCCC.CCCC(C)CC.CCCCCC(C)C. The lowest BCUT2D eigenvalue weighted by Gasteiger charge is -2.02. The maximum Gasteiger partial charge on any atom is -0.0446 e. The molecule has 0 fully saturated rings. The molecule has 0 aliphatic carbocycles. The van der Waals surface area contributed by atoms with E-state index in [1.165, 1.54) is 57.8 Å². The summed E-state index contributed by atoms with van der Waals surface area (Å²) in [6.45, 7) is 22.0. The van der Waals surface area contributed by atoms with Crippen molar-refractivity contribution in [1.29, 1.82) is 0 Å². The van der Waals surface area contributed by atoms with Crippen LogP contribution < -0.4 is 0 Å². The zero-order valence-electron chi connectivity index (χ0n) is 17.5. The molecule has 0 amide bonds. The number of unbranched alkanes of at least 4 members (excludes halogenated alkanes) is 3. The van der Waals surface area contributed by atoms with Crippen LogP contribution in [-0.4, -0.2) is 0 Å². The fourth-order valence-corrected chi connectivity index (χ4v) is 1.50. The molecule has 0 aromatic carbocycles. The Hall–Kier alpha value is 0. The van der Waals surface area contributed by atoms with Crippen molar-refractivity contribution < 1.29 is 0 Å². The van der Waals surface area contributed by atoms with Gasteiger partial charge < -0.3 is 0 Å². The first-order valence-electron chi connectivity index (χ1n) is 9.99. The minimum atomic E-state index is 0.904. The van der Waals surface area contributed by atoms with E-state index in [1.807, 2.05) is 13.8 Å². The van der Waals surface area contributed by atoms with Crippen molar-refractivity contribution in [2.24, 2.45) is 11.8 Å². The molecule has 134 valence electrons. The summed E-state index contributed by atoms with van der Waals surface area (Å²) >= 11 is 0. The molecule has 0 radical (unpaired) electrons. The summed E-state index contributed by atoms with van der Waals surface area (Å²) in [5.74, 6) is 1.85. The summed E-state index contributed by atoms with van der Waals surface area (Å²) in [6.07, 6.45) is 12.3. The molecule has 0 heteroatoms. The number of hydrogen-bond donors (Lipinski definition) is 0. The lowest BCUT2D eigenvalue weighted by atomic mass is 10.0. The Morgan fingerprint density at radius 3 is 1.24 bits per heavy atom. The second-order valence-corrected chi connectivity index (χ2v) is 6.19. The maximum absolute atomic E-state index is 2.31. The predicted molar refractivity (Wildman–Crippen MR) is 105 cm³/mol. The Bertz CT molecular complexity index is 113. The monoisotopic (exact) mass is 302 g/mol. The highest BCUT2D eigenvalue weighted by molar-refractivity contribution is 4.45. The highest BCUT2D eigenvalue weighted by Crippen LogP contribution is 2.07. The van der Waals surface area contributed by atoms with Crippen molar-refractivity contribution in [3.63, 3.8) is 0 Å². The van der Waals surface area contributed by atoms with Crippen LogP contribution in [0.3, 0.4) is 0 Å². The van der Waals surface area contributed by atoms with Crippen molar-refractivity contribution in [2.75, 3.05) is 0 Å².